The van der Waals surface area contributed by atoms with Crippen LogP contribution in [-0.2, 0) is 32.2 Å². The quantitative estimate of drug-likeness (QED) is 0.150. The fourth-order valence-electron chi connectivity index (χ4n) is 8.95. The maximum atomic E-state index is 12.5. The van der Waals surface area contributed by atoms with Gasteiger partial charge in [-0.05, 0) is 82.9 Å². The number of carbonyl (C=O) groups excluding carboxylic acids is 2. The lowest BCUT2D eigenvalue weighted by atomic mass is 9.65. The monoisotopic (exact) mass is 695 g/mol. The van der Waals surface area contributed by atoms with E-state index in [2.05, 4.69) is 84.8 Å². The number of hydrogen-bond donors (Lipinski definition) is 3. The first kappa shape index (κ1) is 37.2. The Balaban J connectivity index is 1.13. The van der Waals surface area contributed by atoms with Crippen LogP contribution >= 0.6 is 0 Å². The van der Waals surface area contributed by atoms with Gasteiger partial charge >= 0.3 is 0 Å². The standard InChI is InChI=1S/C43H57N3O5/c1-30(48)44-19-7-5-6-14-40(49)45-25-32-10-8-11-34(20-32)35-12-9-13-36(21-35)41-50-38(22-39(51-41)33-17-15-31(27-47)16-18-33)26-46-29-43(4)24-37(46)23-42(2,3)28-43/h8-13,15-18,20-21,37-39,41,47H,5-7,14,19,22-29H2,1-4H3,(H,44,48)(H,45,49)/t37?,38-,39+,41+,43?/m0/s1. The number of carbonyl (C=O) groups is 2. The molecule has 8 nitrogen and oxygen atoms in total. The summed E-state index contributed by atoms with van der Waals surface area (Å²) in [5, 5.41) is 15.5. The second-order valence-electron chi connectivity index (χ2n) is 16.4. The van der Waals surface area contributed by atoms with Gasteiger partial charge in [0.1, 0.15) is 0 Å². The Bertz CT molecular complexity index is 1640. The number of rotatable bonds is 14. The fraction of sp³-hybridized carbons (Fsp3) is 0.535. The largest absolute Gasteiger partial charge is 0.392 e. The predicted molar refractivity (Wildman–Crippen MR) is 200 cm³/mol. The fourth-order valence-corrected chi connectivity index (χ4v) is 8.95. The first-order valence-electron chi connectivity index (χ1n) is 18.9. The third-order valence-corrected chi connectivity index (χ3v) is 10.9. The maximum Gasteiger partial charge on any atom is 0.220 e. The van der Waals surface area contributed by atoms with Gasteiger partial charge in [0, 0.05) is 57.5 Å². The van der Waals surface area contributed by atoms with Gasteiger partial charge in [0.05, 0.1) is 18.8 Å². The summed E-state index contributed by atoms with van der Waals surface area (Å²) < 4.78 is 13.6. The molecule has 2 saturated heterocycles. The Kier molecular flexibility index (Phi) is 12.0. The lowest BCUT2D eigenvalue weighted by Gasteiger charge is -2.41. The molecule has 274 valence electrons. The number of nitrogens with zero attached hydrogens (tertiary/aromatic N) is 1. The number of amides is 2. The molecule has 0 aromatic heterocycles. The van der Waals surface area contributed by atoms with Gasteiger partial charge in [0.2, 0.25) is 11.8 Å². The lowest BCUT2D eigenvalue weighted by molar-refractivity contribution is -0.253. The van der Waals surface area contributed by atoms with Gasteiger partial charge in [-0.1, -0.05) is 87.9 Å². The van der Waals surface area contributed by atoms with Crippen molar-refractivity contribution in [2.45, 2.75) is 117 Å². The number of fused-ring (bicyclic) bond motifs is 2. The number of aliphatic hydroxyl groups is 1. The number of benzene rings is 3. The van der Waals surface area contributed by atoms with Crippen molar-refractivity contribution in [2.75, 3.05) is 19.6 Å². The molecule has 3 N–H and O–H groups in total. The van der Waals surface area contributed by atoms with E-state index in [9.17, 15) is 14.7 Å². The molecule has 1 saturated carbocycles. The molecule has 5 atom stereocenters. The Morgan fingerprint density at radius 2 is 1.63 bits per heavy atom. The number of nitrogens with one attached hydrogen (secondary N) is 2. The van der Waals surface area contributed by atoms with E-state index in [-0.39, 0.29) is 30.6 Å². The van der Waals surface area contributed by atoms with E-state index < -0.39 is 6.29 Å². The van der Waals surface area contributed by atoms with Crippen LogP contribution in [0.25, 0.3) is 11.1 Å². The van der Waals surface area contributed by atoms with Crippen molar-refractivity contribution in [3.05, 3.63) is 95.1 Å². The zero-order valence-electron chi connectivity index (χ0n) is 31.0. The Morgan fingerprint density at radius 3 is 2.39 bits per heavy atom. The number of likely N-dealkylation sites (tertiary alicyclic amines) is 1. The number of ether oxygens (including phenoxy) is 2. The Labute approximate surface area is 304 Å². The van der Waals surface area contributed by atoms with Gasteiger partial charge in [0.25, 0.3) is 0 Å². The molecule has 3 fully saturated rings. The Hall–Kier alpha value is -3.56. The highest BCUT2D eigenvalue weighted by Gasteiger charge is 2.50. The molecule has 2 aliphatic heterocycles. The van der Waals surface area contributed by atoms with Crippen LogP contribution in [0.5, 0.6) is 0 Å². The maximum absolute atomic E-state index is 12.5. The van der Waals surface area contributed by atoms with Crippen LogP contribution in [-0.4, -0.2) is 53.6 Å². The molecule has 3 aromatic carbocycles. The van der Waals surface area contributed by atoms with Crippen molar-refractivity contribution in [2.24, 2.45) is 10.8 Å². The van der Waals surface area contributed by atoms with Crippen molar-refractivity contribution in [3.63, 3.8) is 0 Å². The van der Waals surface area contributed by atoms with E-state index in [1.165, 1.54) is 26.2 Å². The van der Waals surface area contributed by atoms with Crippen LogP contribution in [0.2, 0.25) is 0 Å². The van der Waals surface area contributed by atoms with Crippen molar-refractivity contribution in [3.8, 4) is 11.1 Å². The topological polar surface area (TPSA) is 100 Å². The summed E-state index contributed by atoms with van der Waals surface area (Å²) in [6.07, 6.45) is 6.99. The van der Waals surface area contributed by atoms with E-state index in [0.717, 1.165) is 72.2 Å². The van der Waals surface area contributed by atoms with Crippen molar-refractivity contribution >= 4 is 11.8 Å². The minimum atomic E-state index is -0.513. The summed E-state index contributed by atoms with van der Waals surface area (Å²) >= 11 is 0. The predicted octanol–water partition coefficient (Wildman–Crippen LogP) is 7.60. The molecule has 2 heterocycles. The average molecular weight is 696 g/mol. The van der Waals surface area contributed by atoms with Gasteiger partial charge in [-0.25, -0.2) is 0 Å². The van der Waals surface area contributed by atoms with Gasteiger partial charge in [-0.3, -0.25) is 14.5 Å². The molecule has 8 heteroatoms. The molecule has 6 rings (SSSR count). The summed E-state index contributed by atoms with van der Waals surface area (Å²) in [4.78, 5) is 26.2. The first-order valence-corrected chi connectivity index (χ1v) is 18.9. The lowest BCUT2D eigenvalue weighted by Crippen LogP contribution is -2.42. The van der Waals surface area contributed by atoms with E-state index >= 15 is 0 Å². The molecule has 3 aromatic rings. The molecule has 1 aliphatic carbocycles. The highest BCUT2D eigenvalue weighted by molar-refractivity contribution is 5.76. The summed E-state index contributed by atoms with van der Waals surface area (Å²) in [7, 11) is 0. The van der Waals surface area contributed by atoms with E-state index in [1.54, 1.807) is 0 Å². The molecular formula is C43H57N3O5. The molecule has 51 heavy (non-hydrogen) atoms. The minimum absolute atomic E-state index is 0.0186. The molecule has 2 amide bonds. The molecule has 0 radical (unpaired) electrons. The smallest absolute Gasteiger partial charge is 0.220 e. The SMILES string of the molecule is CC(=O)NCCCCCC(=O)NCc1cccc(-c2cccc([C@@H]3O[C@H](CN4CC5(C)CC4CC(C)(C)C5)C[C@H](c4ccc(CO)cc4)O3)c2)c1. The van der Waals surface area contributed by atoms with E-state index in [0.29, 0.717) is 36.4 Å². The van der Waals surface area contributed by atoms with Crippen LogP contribution in [0, 0.1) is 10.8 Å². The summed E-state index contributed by atoms with van der Waals surface area (Å²) in [6.45, 7) is 12.0. The molecular weight excluding hydrogens is 638 g/mol. The van der Waals surface area contributed by atoms with Crippen LogP contribution in [0.3, 0.4) is 0 Å². The second kappa shape index (κ2) is 16.4. The number of hydrogen-bond acceptors (Lipinski definition) is 6. The van der Waals surface area contributed by atoms with Crippen molar-refractivity contribution in [1.29, 1.82) is 0 Å². The van der Waals surface area contributed by atoms with Crippen molar-refractivity contribution < 1.29 is 24.2 Å². The van der Waals surface area contributed by atoms with Gasteiger partial charge in [-0.2, -0.15) is 0 Å². The highest BCUT2D eigenvalue weighted by Crippen LogP contribution is 2.53. The zero-order chi connectivity index (χ0) is 36.0. The highest BCUT2D eigenvalue weighted by atomic mass is 16.7. The normalized spacial score (nSPS) is 25.7. The van der Waals surface area contributed by atoms with Gasteiger partial charge in [0.15, 0.2) is 6.29 Å². The zero-order valence-corrected chi connectivity index (χ0v) is 31.0. The average Bonchev–Trinajstić information content (AvgIpc) is 3.35. The Morgan fingerprint density at radius 1 is 0.863 bits per heavy atom. The van der Waals surface area contributed by atoms with Crippen LogP contribution in [0.4, 0.5) is 0 Å². The molecule has 0 spiro atoms. The molecule has 2 bridgehead atoms. The van der Waals surface area contributed by atoms with E-state index in [1.807, 2.05) is 24.3 Å². The summed E-state index contributed by atoms with van der Waals surface area (Å²) in [6, 6.07) is 25.5. The van der Waals surface area contributed by atoms with E-state index in [4.69, 9.17) is 9.47 Å². The van der Waals surface area contributed by atoms with Gasteiger partial charge in [-0.15, -0.1) is 0 Å². The molecule has 3 aliphatic rings. The minimum Gasteiger partial charge on any atom is -0.392 e. The third kappa shape index (κ3) is 10.1. The van der Waals surface area contributed by atoms with Crippen LogP contribution < -0.4 is 10.6 Å². The van der Waals surface area contributed by atoms with Crippen molar-refractivity contribution in [1.82, 2.24) is 15.5 Å². The van der Waals surface area contributed by atoms with Crippen LogP contribution in [0.15, 0.2) is 72.8 Å². The van der Waals surface area contributed by atoms with Crippen LogP contribution in [0.1, 0.15) is 114 Å². The summed E-state index contributed by atoms with van der Waals surface area (Å²) in [5.74, 6) is 0.0217. The number of unbranched alkanes of at least 4 members (excludes halogenated alkanes) is 2. The second-order valence-corrected chi connectivity index (χ2v) is 16.4. The van der Waals surface area contributed by atoms with Gasteiger partial charge < -0.3 is 25.2 Å². The first-order chi connectivity index (χ1) is 24.5. The molecule has 2 unspecified atom stereocenters. The number of aliphatic hydroxyl groups excluding tert-OH is 1. The summed E-state index contributed by atoms with van der Waals surface area (Å²) in [5.41, 5.74) is 6.89. The third-order valence-electron chi connectivity index (χ3n) is 10.9.